The maximum absolute atomic E-state index is 12.0. The number of guanidine groups is 1. The van der Waals surface area contributed by atoms with Crippen LogP contribution >= 0.6 is 24.0 Å². The standard InChI is InChI=1S/C24H39N5O2.HI/c1-4-25-24(26-12-11-20-5-9-22(10-6-20)31-18-19(2)3)29-15-13-28(14-16-29)17-23(30)27-21-7-8-21;/h5-6,9-10,19,21H,4,7-8,11-18H2,1-3H3,(H,25,26)(H,27,30);1H. The highest BCUT2D eigenvalue weighted by Gasteiger charge is 2.25. The fourth-order valence-electron chi connectivity index (χ4n) is 3.55. The van der Waals surface area contributed by atoms with Crippen molar-refractivity contribution in [3.05, 3.63) is 29.8 Å². The van der Waals surface area contributed by atoms with Crippen LogP contribution in [0.1, 0.15) is 39.2 Å². The Morgan fingerprint density at radius 3 is 2.44 bits per heavy atom. The van der Waals surface area contributed by atoms with Gasteiger partial charge in [0.2, 0.25) is 5.91 Å². The van der Waals surface area contributed by atoms with Crippen LogP contribution in [0.4, 0.5) is 0 Å². The Morgan fingerprint density at radius 2 is 1.84 bits per heavy atom. The zero-order chi connectivity index (χ0) is 22.1. The summed E-state index contributed by atoms with van der Waals surface area (Å²) in [7, 11) is 0. The van der Waals surface area contributed by atoms with Gasteiger partial charge in [0, 0.05) is 45.3 Å². The number of carbonyl (C=O) groups is 1. The van der Waals surface area contributed by atoms with Gasteiger partial charge < -0.3 is 20.3 Å². The number of amides is 1. The van der Waals surface area contributed by atoms with Gasteiger partial charge in [-0.3, -0.25) is 14.7 Å². The van der Waals surface area contributed by atoms with Crippen molar-refractivity contribution >= 4 is 35.8 Å². The Balaban J connectivity index is 0.00000363. The fourth-order valence-corrected chi connectivity index (χ4v) is 3.55. The molecular formula is C24H40IN5O2. The molecule has 2 fully saturated rings. The summed E-state index contributed by atoms with van der Waals surface area (Å²) in [6.07, 6.45) is 3.18. The van der Waals surface area contributed by atoms with Crippen molar-refractivity contribution in [1.29, 1.82) is 0 Å². The minimum Gasteiger partial charge on any atom is -0.493 e. The zero-order valence-electron chi connectivity index (χ0n) is 19.8. The van der Waals surface area contributed by atoms with Crippen LogP contribution in [-0.4, -0.2) is 80.1 Å². The lowest BCUT2D eigenvalue weighted by molar-refractivity contribution is -0.122. The second-order valence-corrected chi connectivity index (χ2v) is 8.94. The summed E-state index contributed by atoms with van der Waals surface area (Å²) >= 11 is 0. The molecule has 0 bridgehead atoms. The number of nitrogens with zero attached hydrogens (tertiary/aromatic N) is 3. The molecule has 7 nitrogen and oxygen atoms in total. The molecule has 8 heteroatoms. The number of aliphatic imine (C=N–C) groups is 1. The molecule has 2 N–H and O–H groups in total. The lowest BCUT2D eigenvalue weighted by Crippen LogP contribution is -2.54. The van der Waals surface area contributed by atoms with Gasteiger partial charge in [-0.1, -0.05) is 26.0 Å². The van der Waals surface area contributed by atoms with Gasteiger partial charge in [0.05, 0.1) is 13.2 Å². The van der Waals surface area contributed by atoms with E-state index in [-0.39, 0.29) is 29.9 Å². The molecule has 3 rings (SSSR count). The molecule has 0 unspecified atom stereocenters. The lowest BCUT2D eigenvalue weighted by atomic mass is 10.1. The van der Waals surface area contributed by atoms with E-state index in [4.69, 9.17) is 9.73 Å². The second-order valence-electron chi connectivity index (χ2n) is 8.94. The molecule has 0 radical (unpaired) electrons. The van der Waals surface area contributed by atoms with Crippen LogP contribution in [-0.2, 0) is 11.2 Å². The van der Waals surface area contributed by atoms with Crippen molar-refractivity contribution in [3.8, 4) is 5.75 Å². The molecule has 0 spiro atoms. The van der Waals surface area contributed by atoms with Gasteiger partial charge in [-0.15, -0.1) is 24.0 Å². The van der Waals surface area contributed by atoms with Crippen molar-refractivity contribution in [2.75, 3.05) is 52.4 Å². The van der Waals surface area contributed by atoms with Crippen LogP contribution in [0.25, 0.3) is 0 Å². The van der Waals surface area contributed by atoms with Gasteiger partial charge in [-0.25, -0.2) is 0 Å². The largest absolute Gasteiger partial charge is 0.493 e. The number of ether oxygens (including phenoxy) is 1. The molecule has 0 aromatic heterocycles. The van der Waals surface area contributed by atoms with Crippen molar-refractivity contribution in [1.82, 2.24) is 20.4 Å². The molecule has 1 saturated carbocycles. The van der Waals surface area contributed by atoms with E-state index in [1.54, 1.807) is 0 Å². The first-order chi connectivity index (χ1) is 15.0. The molecule has 1 heterocycles. The number of carbonyl (C=O) groups excluding carboxylic acids is 1. The number of benzene rings is 1. The van der Waals surface area contributed by atoms with Crippen molar-refractivity contribution < 1.29 is 9.53 Å². The Hall–Kier alpha value is -1.55. The van der Waals surface area contributed by atoms with Crippen LogP contribution in [0.3, 0.4) is 0 Å². The van der Waals surface area contributed by atoms with E-state index in [9.17, 15) is 4.79 Å². The summed E-state index contributed by atoms with van der Waals surface area (Å²) < 4.78 is 5.76. The fraction of sp³-hybridized carbons (Fsp3) is 0.667. The third-order valence-electron chi connectivity index (χ3n) is 5.49. The average molecular weight is 558 g/mol. The number of hydrogen-bond donors (Lipinski definition) is 2. The summed E-state index contributed by atoms with van der Waals surface area (Å²) in [4.78, 5) is 21.4. The highest BCUT2D eigenvalue weighted by Crippen LogP contribution is 2.18. The maximum Gasteiger partial charge on any atom is 0.234 e. The van der Waals surface area contributed by atoms with Crippen LogP contribution in [0.5, 0.6) is 5.75 Å². The Bertz CT molecular complexity index is 714. The topological polar surface area (TPSA) is 69.2 Å². The smallest absolute Gasteiger partial charge is 0.234 e. The molecule has 1 aliphatic heterocycles. The number of halogens is 1. The van der Waals surface area contributed by atoms with E-state index in [1.807, 2.05) is 12.1 Å². The molecule has 32 heavy (non-hydrogen) atoms. The van der Waals surface area contributed by atoms with Gasteiger partial charge in [0.15, 0.2) is 5.96 Å². The quantitative estimate of drug-likeness (QED) is 0.263. The first-order valence-electron chi connectivity index (χ1n) is 11.8. The SMILES string of the molecule is CCNC(=NCCc1ccc(OCC(C)C)cc1)N1CCN(CC(=O)NC2CC2)CC1.I. The molecule has 1 saturated heterocycles. The summed E-state index contributed by atoms with van der Waals surface area (Å²) in [5.41, 5.74) is 1.27. The van der Waals surface area contributed by atoms with Crippen LogP contribution in [0, 0.1) is 5.92 Å². The highest BCUT2D eigenvalue weighted by atomic mass is 127. The Morgan fingerprint density at radius 1 is 1.16 bits per heavy atom. The van der Waals surface area contributed by atoms with Crippen LogP contribution in [0.15, 0.2) is 29.3 Å². The molecule has 2 aliphatic rings. The van der Waals surface area contributed by atoms with Gasteiger partial charge in [0.1, 0.15) is 5.75 Å². The minimum atomic E-state index is 0. The van der Waals surface area contributed by atoms with E-state index in [0.717, 1.165) is 76.8 Å². The average Bonchev–Trinajstić information content (AvgIpc) is 3.57. The molecule has 0 atom stereocenters. The van der Waals surface area contributed by atoms with Gasteiger partial charge in [-0.2, -0.15) is 0 Å². The minimum absolute atomic E-state index is 0. The Kier molecular flexibility index (Phi) is 11.6. The van der Waals surface area contributed by atoms with Crippen LogP contribution in [0.2, 0.25) is 0 Å². The normalized spacial score (nSPS) is 17.1. The number of rotatable bonds is 10. The van der Waals surface area contributed by atoms with Crippen molar-refractivity contribution in [2.45, 2.75) is 46.1 Å². The first-order valence-corrected chi connectivity index (χ1v) is 11.8. The third kappa shape index (κ3) is 9.52. The molecule has 1 aliphatic carbocycles. The van der Waals surface area contributed by atoms with Gasteiger partial charge in [-0.05, 0) is 49.8 Å². The van der Waals surface area contributed by atoms with E-state index in [0.29, 0.717) is 18.5 Å². The zero-order valence-corrected chi connectivity index (χ0v) is 22.1. The van der Waals surface area contributed by atoms with Crippen LogP contribution < -0.4 is 15.4 Å². The summed E-state index contributed by atoms with van der Waals surface area (Å²) in [5.74, 6) is 2.59. The number of piperazine rings is 1. The van der Waals surface area contributed by atoms with E-state index < -0.39 is 0 Å². The van der Waals surface area contributed by atoms with Crippen molar-refractivity contribution in [3.63, 3.8) is 0 Å². The lowest BCUT2D eigenvalue weighted by Gasteiger charge is -2.36. The summed E-state index contributed by atoms with van der Waals surface area (Å²) in [5, 5.41) is 6.50. The van der Waals surface area contributed by atoms with Gasteiger partial charge in [0.25, 0.3) is 0 Å². The molecule has 1 amide bonds. The van der Waals surface area contributed by atoms with Gasteiger partial charge >= 0.3 is 0 Å². The summed E-state index contributed by atoms with van der Waals surface area (Å²) in [6.45, 7) is 12.8. The predicted molar refractivity (Wildman–Crippen MR) is 141 cm³/mol. The number of hydrogen-bond acceptors (Lipinski definition) is 4. The maximum atomic E-state index is 12.0. The van der Waals surface area contributed by atoms with E-state index in [2.05, 4.69) is 53.3 Å². The second kappa shape index (κ2) is 13.9. The van der Waals surface area contributed by atoms with E-state index >= 15 is 0 Å². The predicted octanol–water partition coefficient (Wildman–Crippen LogP) is 2.74. The first kappa shape index (κ1) is 26.7. The molecule has 180 valence electrons. The molecule has 1 aromatic rings. The highest BCUT2D eigenvalue weighted by molar-refractivity contribution is 14.0. The van der Waals surface area contributed by atoms with E-state index in [1.165, 1.54) is 5.56 Å². The monoisotopic (exact) mass is 557 g/mol. The summed E-state index contributed by atoms with van der Waals surface area (Å²) in [6, 6.07) is 8.79. The van der Waals surface area contributed by atoms with Crippen molar-refractivity contribution in [2.24, 2.45) is 10.9 Å². The molecular weight excluding hydrogens is 517 g/mol. The third-order valence-corrected chi connectivity index (χ3v) is 5.49. The molecule has 1 aromatic carbocycles. The Labute approximate surface area is 210 Å². The number of nitrogens with one attached hydrogen (secondary N) is 2.